The molecule has 1 heterocycles. The fourth-order valence-corrected chi connectivity index (χ4v) is 2.35. The first-order valence-electron chi connectivity index (χ1n) is 6.73. The van der Waals surface area contributed by atoms with Crippen molar-refractivity contribution in [2.75, 3.05) is 31.1 Å². The number of alkyl halides is 3. The summed E-state index contributed by atoms with van der Waals surface area (Å²) in [6.07, 6.45) is -5.23. The summed E-state index contributed by atoms with van der Waals surface area (Å²) in [5, 5.41) is 8.96. The number of amides is 1. The second kappa shape index (κ2) is 6.25. The lowest BCUT2D eigenvalue weighted by atomic mass is 10.1. The van der Waals surface area contributed by atoms with Crippen molar-refractivity contribution in [2.45, 2.75) is 12.6 Å². The van der Waals surface area contributed by atoms with Gasteiger partial charge in [0.05, 0.1) is 0 Å². The van der Waals surface area contributed by atoms with Crippen molar-refractivity contribution < 1.29 is 27.9 Å². The van der Waals surface area contributed by atoms with Gasteiger partial charge in [0.2, 0.25) is 0 Å². The zero-order valence-corrected chi connectivity index (χ0v) is 11.6. The predicted molar refractivity (Wildman–Crippen MR) is 73.3 cm³/mol. The quantitative estimate of drug-likeness (QED) is 0.852. The van der Waals surface area contributed by atoms with Gasteiger partial charge in [-0.2, -0.15) is 13.2 Å². The van der Waals surface area contributed by atoms with E-state index >= 15 is 0 Å². The molecule has 1 aliphatic rings. The van der Waals surface area contributed by atoms with Crippen LogP contribution in [-0.4, -0.2) is 54.2 Å². The first-order chi connectivity index (χ1) is 10.3. The lowest BCUT2D eigenvalue weighted by Gasteiger charge is -2.23. The maximum Gasteiger partial charge on any atom is 0.454 e. The van der Waals surface area contributed by atoms with Gasteiger partial charge in [-0.15, -0.1) is 0 Å². The number of carboxylic acid groups (broad SMARTS) is 1. The smallest absolute Gasteiger partial charge is 0.454 e. The summed E-state index contributed by atoms with van der Waals surface area (Å²) in [5.41, 5.74) is 0.268. The molecule has 0 bridgehead atoms. The molecule has 1 aromatic carbocycles. The van der Waals surface area contributed by atoms with Gasteiger partial charge in [0.15, 0.2) is 0 Å². The second-order valence-electron chi connectivity index (χ2n) is 4.98. The summed E-state index contributed by atoms with van der Waals surface area (Å²) in [7, 11) is 0. The summed E-state index contributed by atoms with van der Waals surface area (Å²) in [4.78, 5) is 25.2. The third-order valence-corrected chi connectivity index (χ3v) is 3.52. The van der Waals surface area contributed by atoms with E-state index in [-0.39, 0.29) is 0 Å². The minimum absolute atomic E-state index is 0.332. The Morgan fingerprint density at radius 1 is 1.00 bits per heavy atom. The Morgan fingerprint density at radius 2 is 1.64 bits per heavy atom. The maximum atomic E-state index is 12.3. The Morgan fingerprint density at radius 3 is 2.18 bits per heavy atom. The van der Waals surface area contributed by atoms with Gasteiger partial charge in [0, 0.05) is 37.4 Å². The van der Waals surface area contributed by atoms with E-state index in [1.807, 2.05) is 4.90 Å². The molecule has 1 aromatic rings. The summed E-state index contributed by atoms with van der Waals surface area (Å²) in [6.45, 7) is 1.82. The number of hydrogen-bond donors (Lipinski definition) is 1. The fourth-order valence-electron chi connectivity index (χ4n) is 2.35. The average Bonchev–Trinajstić information content (AvgIpc) is 2.71. The summed E-state index contributed by atoms with van der Waals surface area (Å²) >= 11 is 0. The molecule has 1 amide bonds. The molecule has 2 rings (SSSR count). The number of ketones is 1. The van der Waals surface area contributed by atoms with Crippen LogP contribution in [0.2, 0.25) is 0 Å². The number of carbonyl (C=O) groups is 2. The summed E-state index contributed by atoms with van der Waals surface area (Å²) in [6, 6.07) is 5.20. The van der Waals surface area contributed by atoms with Gasteiger partial charge in [-0.25, -0.2) is 4.79 Å². The molecular weight excluding hydrogens is 301 g/mol. The topological polar surface area (TPSA) is 60.9 Å². The van der Waals surface area contributed by atoms with Crippen LogP contribution in [0, 0.1) is 0 Å². The number of rotatable bonds is 2. The van der Waals surface area contributed by atoms with Crippen molar-refractivity contribution in [3.63, 3.8) is 0 Å². The van der Waals surface area contributed by atoms with Crippen LogP contribution in [0.3, 0.4) is 0 Å². The Kier molecular flexibility index (Phi) is 4.58. The van der Waals surface area contributed by atoms with Gasteiger partial charge in [-0.05, 0) is 30.7 Å². The standard InChI is InChI=1S/C14H15F3N2O3/c15-14(16,17)12(20)10-2-4-11(5-3-10)18-6-1-7-19(9-8-18)13(21)22/h2-5H,1,6-9H2,(H,21,22). The van der Waals surface area contributed by atoms with Crippen LogP contribution in [0.15, 0.2) is 24.3 Å². The molecule has 0 unspecified atom stereocenters. The lowest BCUT2D eigenvalue weighted by molar-refractivity contribution is -0.0885. The number of hydrogen-bond acceptors (Lipinski definition) is 3. The highest BCUT2D eigenvalue weighted by Crippen LogP contribution is 2.24. The van der Waals surface area contributed by atoms with E-state index in [0.29, 0.717) is 38.3 Å². The Bertz CT molecular complexity index is 557. The molecule has 0 spiro atoms. The van der Waals surface area contributed by atoms with E-state index in [4.69, 9.17) is 5.11 Å². The number of nitrogens with zero attached hydrogens (tertiary/aromatic N) is 2. The lowest BCUT2D eigenvalue weighted by Crippen LogP contribution is -2.34. The van der Waals surface area contributed by atoms with Crippen LogP contribution in [0.4, 0.5) is 23.7 Å². The van der Waals surface area contributed by atoms with E-state index in [0.717, 1.165) is 12.1 Å². The largest absolute Gasteiger partial charge is 0.465 e. The molecule has 0 aromatic heterocycles. The molecule has 8 heteroatoms. The van der Waals surface area contributed by atoms with Gasteiger partial charge >= 0.3 is 12.3 Å². The zero-order chi connectivity index (χ0) is 16.3. The van der Waals surface area contributed by atoms with Crippen molar-refractivity contribution in [3.8, 4) is 0 Å². The molecule has 0 radical (unpaired) electrons. The average molecular weight is 316 g/mol. The molecule has 0 atom stereocenters. The first-order valence-corrected chi connectivity index (χ1v) is 6.73. The van der Waals surface area contributed by atoms with E-state index in [2.05, 4.69) is 0 Å². The molecule has 0 aliphatic carbocycles. The predicted octanol–water partition coefficient (Wildman–Crippen LogP) is 2.62. The zero-order valence-electron chi connectivity index (χ0n) is 11.6. The molecule has 1 aliphatic heterocycles. The number of anilines is 1. The minimum atomic E-state index is -4.88. The van der Waals surface area contributed by atoms with Crippen LogP contribution in [-0.2, 0) is 0 Å². The van der Waals surface area contributed by atoms with Crippen LogP contribution in [0.1, 0.15) is 16.8 Å². The van der Waals surface area contributed by atoms with E-state index in [1.165, 1.54) is 17.0 Å². The molecule has 5 nitrogen and oxygen atoms in total. The summed E-state index contributed by atoms with van der Waals surface area (Å²) < 4.78 is 37.0. The third-order valence-electron chi connectivity index (χ3n) is 3.52. The van der Waals surface area contributed by atoms with Crippen molar-refractivity contribution >= 4 is 17.6 Å². The van der Waals surface area contributed by atoms with Crippen LogP contribution in [0.5, 0.6) is 0 Å². The maximum absolute atomic E-state index is 12.3. The molecule has 1 fully saturated rings. The number of benzene rings is 1. The number of Topliss-reactive ketones (excluding diaryl/α,β-unsaturated/α-hetero) is 1. The highest BCUT2D eigenvalue weighted by molar-refractivity contribution is 6.00. The van der Waals surface area contributed by atoms with Crippen molar-refractivity contribution in [1.82, 2.24) is 4.90 Å². The fraction of sp³-hybridized carbons (Fsp3) is 0.429. The Labute approximate surface area is 124 Å². The van der Waals surface area contributed by atoms with Gasteiger partial charge in [0.1, 0.15) is 0 Å². The Balaban J connectivity index is 2.07. The van der Waals surface area contributed by atoms with Gasteiger partial charge in [-0.1, -0.05) is 0 Å². The highest BCUT2D eigenvalue weighted by atomic mass is 19.4. The number of carbonyl (C=O) groups excluding carboxylic acids is 1. The molecule has 1 N–H and O–H groups in total. The van der Waals surface area contributed by atoms with E-state index in [1.54, 1.807) is 0 Å². The molecule has 22 heavy (non-hydrogen) atoms. The van der Waals surface area contributed by atoms with Crippen molar-refractivity contribution in [3.05, 3.63) is 29.8 Å². The normalized spacial score (nSPS) is 16.3. The third kappa shape index (κ3) is 3.69. The van der Waals surface area contributed by atoms with Gasteiger partial charge in [-0.3, -0.25) is 4.79 Å². The first kappa shape index (κ1) is 16.1. The molecule has 1 saturated heterocycles. The SMILES string of the molecule is O=C(O)N1CCCN(c2ccc(C(=O)C(F)(F)F)cc2)CC1. The van der Waals surface area contributed by atoms with Gasteiger partial charge in [0.25, 0.3) is 5.78 Å². The van der Waals surface area contributed by atoms with Crippen LogP contribution in [0.25, 0.3) is 0 Å². The van der Waals surface area contributed by atoms with E-state index < -0.39 is 23.6 Å². The molecular formula is C14H15F3N2O3. The van der Waals surface area contributed by atoms with Crippen LogP contribution < -0.4 is 4.90 Å². The van der Waals surface area contributed by atoms with Crippen LogP contribution >= 0.6 is 0 Å². The summed E-state index contributed by atoms with van der Waals surface area (Å²) in [5.74, 6) is -1.87. The monoisotopic (exact) mass is 316 g/mol. The molecule has 0 saturated carbocycles. The van der Waals surface area contributed by atoms with Crippen molar-refractivity contribution in [1.29, 1.82) is 0 Å². The van der Waals surface area contributed by atoms with Gasteiger partial charge < -0.3 is 14.9 Å². The number of halogens is 3. The Hall–Kier alpha value is -2.25. The second-order valence-corrected chi connectivity index (χ2v) is 4.98. The van der Waals surface area contributed by atoms with E-state index in [9.17, 15) is 22.8 Å². The molecule has 120 valence electrons. The highest BCUT2D eigenvalue weighted by Gasteiger charge is 2.39. The van der Waals surface area contributed by atoms with Crippen molar-refractivity contribution in [2.24, 2.45) is 0 Å². The minimum Gasteiger partial charge on any atom is -0.465 e.